The smallest absolute Gasteiger partial charge is 0.381 e. The second kappa shape index (κ2) is 3.83. The maximum Gasteiger partial charge on any atom is 0.394 e. The summed E-state index contributed by atoms with van der Waals surface area (Å²) in [7, 11) is 3.43. The highest BCUT2D eigenvalue weighted by atomic mass is 19.4. The van der Waals surface area contributed by atoms with Crippen LogP contribution in [0.5, 0.6) is 0 Å². The molecule has 72 valence electrons. The standard InChI is InChI=1S/C8H14F3N/c1-6(8(9,10)11)5-7(2)12(3)4/h5-6H,1-4H3/b7-5-. The molecule has 0 saturated heterocycles. The van der Waals surface area contributed by atoms with Gasteiger partial charge in [-0.1, -0.05) is 13.0 Å². The minimum Gasteiger partial charge on any atom is -0.381 e. The van der Waals surface area contributed by atoms with Gasteiger partial charge in [-0.05, 0) is 6.92 Å². The van der Waals surface area contributed by atoms with Crippen molar-refractivity contribution < 1.29 is 13.2 Å². The van der Waals surface area contributed by atoms with Gasteiger partial charge in [0.05, 0.1) is 5.92 Å². The Morgan fingerprint density at radius 3 is 2.00 bits per heavy atom. The van der Waals surface area contributed by atoms with E-state index in [0.29, 0.717) is 5.70 Å². The van der Waals surface area contributed by atoms with E-state index in [-0.39, 0.29) is 0 Å². The molecule has 0 bridgehead atoms. The zero-order valence-corrected chi connectivity index (χ0v) is 7.74. The van der Waals surface area contributed by atoms with E-state index in [1.165, 1.54) is 6.08 Å². The fourth-order valence-corrected chi connectivity index (χ4v) is 0.605. The fourth-order valence-electron chi connectivity index (χ4n) is 0.605. The Labute approximate surface area is 70.9 Å². The lowest BCUT2D eigenvalue weighted by molar-refractivity contribution is -0.156. The van der Waals surface area contributed by atoms with E-state index in [0.717, 1.165) is 6.92 Å². The van der Waals surface area contributed by atoms with E-state index in [2.05, 4.69) is 0 Å². The Hall–Kier alpha value is -0.670. The molecule has 0 N–H and O–H groups in total. The molecular formula is C8H14F3N. The van der Waals surface area contributed by atoms with Crippen molar-refractivity contribution in [2.45, 2.75) is 20.0 Å². The van der Waals surface area contributed by atoms with Crippen LogP contribution in [0.2, 0.25) is 0 Å². The van der Waals surface area contributed by atoms with Gasteiger partial charge in [0, 0.05) is 19.8 Å². The molecule has 0 rings (SSSR count). The summed E-state index contributed by atoms with van der Waals surface area (Å²) in [5, 5.41) is 0. The van der Waals surface area contributed by atoms with E-state index in [9.17, 15) is 13.2 Å². The lowest BCUT2D eigenvalue weighted by Crippen LogP contribution is -2.19. The second-order valence-electron chi connectivity index (χ2n) is 3.03. The van der Waals surface area contributed by atoms with Gasteiger partial charge >= 0.3 is 6.18 Å². The topological polar surface area (TPSA) is 3.24 Å². The average molecular weight is 181 g/mol. The highest BCUT2D eigenvalue weighted by molar-refractivity contribution is 4.99. The summed E-state index contributed by atoms with van der Waals surface area (Å²) in [6.07, 6.45) is -2.92. The fraction of sp³-hybridized carbons (Fsp3) is 0.750. The van der Waals surface area contributed by atoms with Crippen molar-refractivity contribution in [3.63, 3.8) is 0 Å². The summed E-state index contributed by atoms with van der Waals surface area (Å²) in [5.74, 6) is -1.38. The SMILES string of the molecule is C/C(=C/C(C)C(F)(F)F)N(C)C. The molecule has 0 aliphatic rings. The minimum atomic E-state index is -4.13. The summed E-state index contributed by atoms with van der Waals surface area (Å²) in [6, 6.07) is 0. The van der Waals surface area contributed by atoms with E-state index >= 15 is 0 Å². The second-order valence-corrected chi connectivity index (χ2v) is 3.03. The largest absolute Gasteiger partial charge is 0.394 e. The first-order valence-corrected chi connectivity index (χ1v) is 3.67. The third-order valence-electron chi connectivity index (χ3n) is 1.71. The molecule has 0 radical (unpaired) electrons. The van der Waals surface area contributed by atoms with Crippen LogP contribution in [0.15, 0.2) is 11.8 Å². The van der Waals surface area contributed by atoms with Crippen molar-refractivity contribution >= 4 is 0 Å². The Balaban J connectivity index is 4.34. The summed E-state index contributed by atoms with van der Waals surface area (Å²) in [6.45, 7) is 2.80. The van der Waals surface area contributed by atoms with Gasteiger partial charge in [0.1, 0.15) is 0 Å². The Morgan fingerprint density at radius 2 is 1.75 bits per heavy atom. The predicted octanol–water partition coefficient (Wildman–Crippen LogP) is 2.65. The van der Waals surface area contributed by atoms with Crippen LogP contribution in [-0.2, 0) is 0 Å². The van der Waals surface area contributed by atoms with Crippen LogP contribution >= 0.6 is 0 Å². The quantitative estimate of drug-likeness (QED) is 0.633. The van der Waals surface area contributed by atoms with Crippen molar-refractivity contribution in [2.75, 3.05) is 14.1 Å². The zero-order valence-electron chi connectivity index (χ0n) is 7.74. The van der Waals surface area contributed by atoms with E-state index in [1.807, 2.05) is 0 Å². The molecule has 4 heteroatoms. The van der Waals surface area contributed by atoms with Gasteiger partial charge in [0.15, 0.2) is 0 Å². The third-order valence-corrected chi connectivity index (χ3v) is 1.71. The van der Waals surface area contributed by atoms with Crippen molar-refractivity contribution in [2.24, 2.45) is 5.92 Å². The molecule has 0 aromatic heterocycles. The number of nitrogens with zero attached hydrogens (tertiary/aromatic N) is 1. The lowest BCUT2D eigenvalue weighted by Gasteiger charge is -2.17. The molecule has 12 heavy (non-hydrogen) atoms. The van der Waals surface area contributed by atoms with E-state index in [4.69, 9.17) is 0 Å². The highest BCUT2D eigenvalue weighted by Crippen LogP contribution is 2.27. The first-order chi connectivity index (χ1) is 5.25. The average Bonchev–Trinajstić information content (AvgIpc) is 1.85. The van der Waals surface area contributed by atoms with E-state index < -0.39 is 12.1 Å². The Kier molecular flexibility index (Phi) is 3.61. The molecule has 0 fully saturated rings. The molecule has 0 amide bonds. The maximum absolute atomic E-state index is 12.0. The van der Waals surface area contributed by atoms with Crippen molar-refractivity contribution in [1.29, 1.82) is 0 Å². The van der Waals surface area contributed by atoms with Gasteiger partial charge in [0.2, 0.25) is 0 Å². The highest BCUT2D eigenvalue weighted by Gasteiger charge is 2.34. The molecule has 1 unspecified atom stereocenters. The molecule has 0 spiro atoms. The van der Waals surface area contributed by atoms with Gasteiger partial charge in [0.25, 0.3) is 0 Å². The first-order valence-electron chi connectivity index (χ1n) is 3.67. The molecule has 0 aliphatic carbocycles. The summed E-state index contributed by atoms with van der Waals surface area (Å²) < 4.78 is 36.0. The number of halogens is 3. The summed E-state index contributed by atoms with van der Waals surface area (Å²) in [4.78, 5) is 1.66. The number of allylic oxidation sites excluding steroid dienone is 2. The van der Waals surface area contributed by atoms with Gasteiger partial charge in [-0.2, -0.15) is 13.2 Å². The third kappa shape index (κ3) is 3.64. The molecule has 0 saturated carbocycles. The van der Waals surface area contributed by atoms with Crippen LogP contribution in [-0.4, -0.2) is 25.2 Å². The lowest BCUT2D eigenvalue weighted by atomic mass is 10.1. The van der Waals surface area contributed by atoms with Crippen molar-refractivity contribution in [1.82, 2.24) is 4.90 Å². The van der Waals surface area contributed by atoms with Crippen LogP contribution in [0, 0.1) is 5.92 Å². The number of hydrogen-bond donors (Lipinski definition) is 0. The summed E-state index contributed by atoms with van der Waals surface area (Å²) in [5.41, 5.74) is 0.625. The summed E-state index contributed by atoms with van der Waals surface area (Å²) >= 11 is 0. The van der Waals surface area contributed by atoms with Crippen LogP contribution in [0.4, 0.5) is 13.2 Å². The van der Waals surface area contributed by atoms with E-state index in [1.54, 1.807) is 25.9 Å². The number of rotatable bonds is 2. The first kappa shape index (κ1) is 11.3. The maximum atomic E-state index is 12.0. The van der Waals surface area contributed by atoms with Gasteiger partial charge in [-0.25, -0.2) is 0 Å². The van der Waals surface area contributed by atoms with Crippen molar-refractivity contribution in [3.8, 4) is 0 Å². The molecule has 0 heterocycles. The number of hydrogen-bond acceptors (Lipinski definition) is 1. The molecule has 1 nitrogen and oxygen atoms in total. The predicted molar refractivity (Wildman–Crippen MR) is 42.7 cm³/mol. The van der Waals surface area contributed by atoms with Crippen LogP contribution < -0.4 is 0 Å². The molecule has 0 aromatic carbocycles. The van der Waals surface area contributed by atoms with Gasteiger partial charge in [-0.15, -0.1) is 0 Å². The Bertz CT molecular complexity index is 170. The normalized spacial score (nSPS) is 16.1. The van der Waals surface area contributed by atoms with Crippen LogP contribution in [0.1, 0.15) is 13.8 Å². The van der Waals surface area contributed by atoms with Gasteiger partial charge < -0.3 is 4.90 Å². The van der Waals surface area contributed by atoms with Crippen LogP contribution in [0.3, 0.4) is 0 Å². The molecule has 1 atom stereocenters. The Morgan fingerprint density at radius 1 is 1.33 bits per heavy atom. The molecule has 0 aromatic rings. The van der Waals surface area contributed by atoms with Crippen LogP contribution in [0.25, 0.3) is 0 Å². The van der Waals surface area contributed by atoms with Crippen molar-refractivity contribution in [3.05, 3.63) is 11.8 Å². The number of alkyl halides is 3. The molecule has 0 aliphatic heterocycles. The monoisotopic (exact) mass is 181 g/mol. The minimum absolute atomic E-state index is 0.625. The van der Waals surface area contributed by atoms with Gasteiger partial charge in [-0.3, -0.25) is 0 Å². The zero-order chi connectivity index (χ0) is 9.94. The molecular weight excluding hydrogens is 167 g/mol.